The molecule has 2 fully saturated rings. The first-order valence-corrected chi connectivity index (χ1v) is 8.92. The van der Waals surface area contributed by atoms with Crippen molar-refractivity contribution in [3.63, 3.8) is 0 Å². The number of carbonyl (C=O) groups excluding carboxylic acids is 4. The predicted molar refractivity (Wildman–Crippen MR) is 90.2 cm³/mol. The van der Waals surface area contributed by atoms with Crippen molar-refractivity contribution in [3.8, 4) is 0 Å². The molecule has 0 saturated carbocycles. The van der Waals surface area contributed by atoms with Crippen LogP contribution in [-0.4, -0.2) is 104 Å². The lowest BCUT2D eigenvalue weighted by Gasteiger charge is -2.53. The first-order chi connectivity index (χ1) is 15.2. The normalized spacial score (nSPS) is 25.8. The molecule has 4 aliphatic rings. The highest BCUT2D eigenvalue weighted by Crippen LogP contribution is 2.45. The minimum Gasteiger partial charge on any atom is -0.478 e. The van der Waals surface area contributed by atoms with Crippen molar-refractivity contribution in [3.05, 3.63) is 24.3 Å². The standard InChI is InChI=1S/C16H14N4O12/c21-9-1-2-10(22)17(9)15(13(25)26,19-29-5-6-30-19)16(14(27)28,20-31-7-8-32-20)18-11(23)3-4-12(18)24/h1-4H,5-8H2,(H,25,26)(H,27,28). The van der Waals surface area contributed by atoms with Crippen LogP contribution in [0.25, 0.3) is 0 Å². The number of hydrogen-bond donors (Lipinski definition) is 2. The van der Waals surface area contributed by atoms with Gasteiger partial charge in [-0.25, -0.2) is 19.4 Å². The number of rotatable bonds is 7. The third kappa shape index (κ3) is 2.58. The van der Waals surface area contributed by atoms with E-state index in [4.69, 9.17) is 19.4 Å². The minimum absolute atomic E-state index is 0.0291. The van der Waals surface area contributed by atoms with E-state index in [-0.39, 0.29) is 46.7 Å². The number of hydrogen-bond acceptors (Lipinski definition) is 12. The Hall–Kier alpha value is -3.54. The largest absolute Gasteiger partial charge is 0.478 e. The molecule has 0 aliphatic carbocycles. The maximum absolute atomic E-state index is 12.9. The van der Waals surface area contributed by atoms with Gasteiger partial charge in [0.2, 0.25) is 0 Å². The molecule has 0 spiro atoms. The van der Waals surface area contributed by atoms with Crippen LogP contribution >= 0.6 is 0 Å². The van der Waals surface area contributed by atoms with Crippen LogP contribution in [0.1, 0.15) is 0 Å². The van der Waals surface area contributed by atoms with Crippen LogP contribution in [-0.2, 0) is 48.1 Å². The highest BCUT2D eigenvalue weighted by molar-refractivity contribution is 6.19. The third-order valence-electron chi connectivity index (χ3n) is 4.88. The van der Waals surface area contributed by atoms with Crippen molar-refractivity contribution in [1.82, 2.24) is 20.3 Å². The molecule has 2 saturated heterocycles. The molecule has 2 atom stereocenters. The fourth-order valence-electron chi connectivity index (χ4n) is 3.74. The highest BCUT2D eigenvalue weighted by atomic mass is 17.0. The molecule has 32 heavy (non-hydrogen) atoms. The van der Waals surface area contributed by atoms with Crippen molar-refractivity contribution in [2.45, 2.75) is 11.3 Å². The second-order valence-electron chi connectivity index (χ2n) is 6.49. The number of amides is 4. The molecule has 4 heterocycles. The number of carbonyl (C=O) groups is 6. The summed E-state index contributed by atoms with van der Waals surface area (Å²) in [6.45, 7) is -1.29. The lowest BCUT2D eigenvalue weighted by molar-refractivity contribution is -0.448. The van der Waals surface area contributed by atoms with E-state index in [2.05, 4.69) is 0 Å². The number of hydroxylamine groups is 4. The summed E-state index contributed by atoms with van der Waals surface area (Å²) < 4.78 is 0. The van der Waals surface area contributed by atoms with Crippen molar-refractivity contribution in [2.24, 2.45) is 0 Å². The Balaban J connectivity index is 2.12. The molecule has 170 valence electrons. The summed E-state index contributed by atoms with van der Waals surface area (Å²) in [5, 5.41) is 21.0. The molecule has 0 bridgehead atoms. The van der Waals surface area contributed by atoms with Gasteiger partial charge in [-0.15, -0.1) is 0 Å². The molecule has 0 radical (unpaired) electrons. The van der Waals surface area contributed by atoms with Gasteiger partial charge in [-0.05, 0) is 10.5 Å². The number of aliphatic carboxylic acids is 2. The van der Waals surface area contributed by atoms with E-state index in [0.29, 0.717) is 24.3 Å². The predicted octanol–water partition coefficient (Wildman–Crippen LogP) is -3.24. The smallest absolute Gasteiger partial charge is 0.355 e. The summed E-state index contributed by atoms with van der Waals surface area (Å²) in [7, 11) is 0. The average molecular weight is 454 g/mol. The number of carboxylic acid groups (broad SMARTS) is 2. The Kier molecular flexibility index (Phi) is 5.12. The summed E-state index contributed by atoms with van der Waals surface area (Å²) in [6.07, 6.45) is 2.67. The van der Waals surface area contributed by atoms with Gasteiger partial charge in [-0.3, -0.25) is 38.5 Å². The van der Waals surface area contributed by atoms with Gasteiger partial charge in [0.15, 0.2) is 0 Å². The van der Waals surface area contributed by atoms with E-state index in [1.165, 1.54) is 0 Å². The van der Waals surface area contributed by atoms with E-state index < -0.39 is 46.9 Å². The van der Waals surface area contributed by atoms with E-state index in [1.54, 1.807) is 0 Å². The van der Waals surface area contributed by atoms with Crippen molar-refractivity contribution in [1.29, 1.82) is 0 Å². The Bertz CT molecular complexity index is 868. The van der Waals surface area contributed by atoms with Crippen molar-refractivity contribution >= 4 is 35.6 Å². The highest BCUT2D eigenvalue weighted by Gasteiger charge is 2.82. The summed E-state index contributed by atoms with van der Waals surface area (Å²) >= 11 is 0. The zero-order valence-corrected chi connectivity index (χ0v) is 15.9. The van der Waals surface area contributed by atoms with E-state index >= 15 is 0 Å². The van der Waals surface area contributed by atoms with Crippen molar-refractivity contribution < 1.29 is 58.3 Å². The minimum atomic E-state index is -3.57. The van der Waals surface area contributed by atoms with Gasteiger partial charge in [-0.2, -0.15) is 0 Å². The van der Waals surface area contributed by atoms with Crippen LogP contribution in [0.4, 0.5) is 0 Å². The first kappa shape index (κ1) is 21.7. The van der Waals surface area contributed by atoms with Crippen LogP contribution in [0.5, 0.6) is 0 Å². The number of carboxylic acids is 2. The summed E-state index contributed by atoms with van der Waals surface area (Å²) in [4.78, 5) is 97.0. The summed E-state index contributed by atoms with van der Waals surface area (Å²) in [6, 6.07) is 0. The molecule has 4 amide bonds. The van der Waals surface area contributed by atoms with Gasteiger partial charge in [-0.1, -0.05) is 0 Å². The zero-order chi connectivity index (χ0) is 23.3. The molecule has 16 heteroatoms. The lowest BCUT2D eigenvalue weighted by Crippen LogP contribution is -2.88. The van der Waals surface area contributed by atoms with Crippen LogP contribution in [0.3, 0.4) is 0 Å². The first-order valence-electron chi connectivity index (χ1n) is 8.92. The quantitative estimate of drug-likeness (QED) is 0.364. The second kappa shape index (κ2) is 7.55. The Labute approximate surface area is 177 Å². The zero-order valence-electron chi connectivity index (χ0n) is 15.9. The monoisotopic (exact) mass is 454 g/mol. The van der Waals surface area contributed by atoms with E-state index in [9.17, 15) is 39.0 Å². The van der Waals surface area contributed by atoms with Gasteiger partial charge in [0.1, 0.15) is 0 Å². The molecule has 0 aromatic carbocycles. The van der Waals surface area contributed by atoms with Crippen LogP contribution in [0.15, 0.2) is 24.3 Å². The molecule has 2 unspecified atom stereocenters. The molecule has 0 aromatic rings. The molecule has 2 N–H and O–H groups in total. The van der Waals surface area contributed by atoms with E-state index in [1.807, 2.05) is 0 Å². The van der Waals surface area contributed by atoms with Crippen LogP contribution in [0.2, 0.25) is 0 Å². The number of imide groups is 2. The van der Waals surface area contributed by atoms with E-state index in [0.717, 1.165) is 0 Å². The topological polar surface area (TPSA) is 193 Å². The third-order valence-corrected chi connectivity index (χ3v) is 4.88. The Morgan fingerprint density at radius 2 is 0.875 bits per heavy atom. The molecule has 16 nitrogen and oxygen atoms in total. The van der Waals surface area contributed by atoms with Gasteiger partial charge in [0, 0.05) is 24.3 Å². The fraction of sp³-hybridized carbons (Fsp3) is 0.375. The SMILES string of the molecule is O=C1C=CC(=O)N1C(C(=O)O)(N1OCCO1)C(C(=O)O)(N1OCCO1)N1C(=O)C=CC1=O. The van der Waals surface area contributed by atoms with Gasteiger partial charge in [0.05, 0.1) is 26.4 Å². The second-order valence-corrected chi connectivity index (χ2v) is 6.49. The molecular weight excluding hydrogens is 440 g/mol. The Morgan fingerprint density at radius 1 is 0.625 bits per heavy atom. The molecular formula is C16H14N4O12. The molecule has 4 aliphatic heterocycles. The van der Waals surface area contributed by atoms with Crippen LogP contribution < -0.4 is 0 Å². The average Bonchev–Trinajstić information content (AvgIpc) is 3.52. The molecule has 4 rings (SSSR count). The van der Waals surface area contributed by atoms with Gasteiger partial charge >= 0.3 is 23.3 Å². The lowest BCUT2D eigenvalue weighted by atomic mass is 9.88. The van der Waals surface area contributed by atoms with Gasteiger partial charge in [0.25, 0.3) is 23.6 Å². The van der Waals surface area contributed by atoms with Crippen LogP contribution in [0, 0.1) is 0 Å². The Morgan fingerprint density at radius 3 is 1.09 bits per heavy atom. The maximum atomic E-state index is 12.9. The fourth-order valence-corrected chi connectivity index (χ4v) is 3.74. The van der Waals surface area contributed by atoms with Crippen molar-refractivity contribution in [2.75, 3.05) is 26.4 Å². The summed E-state index contributed by atoms with van der Waals surface area (Å²) in [5.41, 5.74) is -7.15. The maximum Gasteiger partial charge on any atom is 0.355 e. The number of nitrogens with zero attached hydrogens (tertiary/aromatic N) is 4. The summed E-state index contributed by atoms with van der Waals surface area (Å²) in [5.74, 6) is -9.64. The van der Waals surface area contributed by atoms with Gasteiger partial charge < -0.3 is 10.2 Å². The molecule has 0 aromatic heterocycles.